The average Bonchev–Trinajstić information content (AvgIpc) is 3.09. The van der Waals surface area contributed by atoms with Crippen molar-refractivity contribution in [1.82, 2.24) is 24.8 Å². The van der Waals surface area contributed by atoms with Gasteiger partial charge >= 0.3 is 0 Å². The van der Waals surface area contributed by atoms with E-state index in [-0.39, 0.29) is 5.91 Å². The van der Waals surface area contributed by atoms with E-state index in [1.807, 2.05) is 38.6 Å². The van der Waals surface area contributed by atoms with Crippen molar-refractivity contribution >= 4 is 17.0 Å². The summed E-state index contributed by atoms with van der Waals surface area (Å²) in [5.41, 5.74) is 4.49. The molecule has 0 bridgehead atoms. The zero-order valence-electron chi connectivity index (χ0n) is 14.6. The first-order valence-corrected chi connectivity index (χ1v) is 7.92. The Morgan fingerprint density at radius 1 is 1.33 bits per heavy atom. The van der Waals surface area contributed by atoms with Gasteiger partial charge in [0.05, 0.1) is 22.8 Å². The van der Waals surface area contributed by atoms with Crippen LogP contribution in [0, 0.1) is 20.8 Å². The Morgan fingerprint density at radius 2 is 2.08 bits per heavy atom. The molecule has 0 N–H and O–H groups in total. The molecular weight excluding hydrogens is 306 g/mol. The fourth-order valence-corrected chi connectivity index (χ4v) is 2.88. The van der Waals surface area contributed by atoms with Crippen molar-refractivity contribution in [3.63, 3.8) is 0 Å². The van der Waals surface area contributed by atoms with Gasteiger partial charge in [0.25, 0.3) is 11.6 Å². The fourth-order valence-electron chi connectivity index (χ4n) is 2.88. The largest absolute Gasteiger partial charge is 0.337 e. The molecule has 0 fully saturated rings. The minimum atomic E-state index is -0.0829. The summed E-state index contributed by atoms with van der Waals surface area (Å²) in [5, 5.41) is 8.94. The molecular formula is C17H21N5O2. The molecule has 0 saturated carbocycles. The second-order valence-electron chi connectivity index (χ2n) is 5.99. The molecule has 126 valence electrons. The molecule has 0 radical (unpaired) electrons. The van der Waals surface area contributed by atoms with E-state index in [1.165, 1.54) is 0 Å². The summed E-state index contributed by atoms with van der Waals surface area (Å²) in [6, 6.07) is 1.79. The first-order chi connectivity index (χ1) is 11.4. The molecule has 7 heteroatoms. The SMILES string of the molecule is CCn1ncc(CN(C)C(=O)c2cc(C)nc3onc(C)c23)c1C. The predicted molar refractivity (Wildman–Crippen MR) is 89.7 cm³/mol. The molecule has 0 aliphatic rings. The molecule has 3 aromatic rings. The molecule has 0 saturated heterocycles. The number of fused-ring (bicyclic) bond motifs is 1. The number of pyridine rings is 1. The standard InChI is InChI=1S/C17H21N5O2/c1-6-22-12(4)13(8-18-22)9-21(5)17(23)14-7-10(2)19-16-15(14)11(3)20-24-16/h7-8H,6,9H2,1-5H3. The van der Waals surface area contributed by atoms with Gasteiger partial charge in [-0.1, -0.05) is 5.16 Å². The summed E-state index contributed by atoms with van der Waals surface area (Å²) < 4.78 is 7.13. The topological polar surface area (TPSA) is 77.0 Å². The lowest BCUT2D eigenvalue weighted by Gasteiger charge is -2.18. The van der Waals surface area contributed by atoms with E-state index < -0.39 is 0 Å². The highest BCUT2D eigenvalue weighted by atomic mass is 16.5. The van der Waals surface area contributed by atoms with Gasteiger partial charge < -0.3 is 9.42 Å². The van der Waals surface area contributed by atoms with E-state index in [0.29, 0.717) is 28.9 Å². The molecule has 0 atom stereocenters. The van der Waals surface area contributed by atoms with Gasteiger partial charge in [0.1, 0.15) is 0 Å². The summed E-state index contributed by atoms with van der Waals surface area (Å²) in [6.07, 6.45) is 1.82. The number of rotatable bonds is 4. The van der Waals surface area contributed by atoms with Crippen LogP contribution >= 0.6 is 0 Å². The van der Waals surface area contributed by atoms with E-state index in [9.17, 15) is 4.79 Å². The molecule has 3 heterocycles. The second kappa shape index (κ2) is 6.07. The Kier molecular flexibility index (Phi) is 4.09. The monoisotopic (exact) mass is 327 g/mol. The minimum Gasteiger partial charge on any atom is -0.337 e. The van der Waals surface area contributed by atoms with Crippen molar-refractivity contribution in [2.75, 3.05) is 7.05 Å². The molecule has 7 nitrogen and oxygen atoms in total. The maximum absolute atomic E-state index is 13.0. The molecule has 0 aromatic carbocycles. The maximum Gasteiger partial charge on any atom is 0.258 e. The number of hydrogen-bond donors (Lipinski definition) is 0. The molecule has 0 spiro atoms. The Balaban J connectivity index is 1.93. The van der Waals surface area contributed by atoms with Gasteiger partial charge in [-0.05, 0) is 33.8 Å². The predicted octanol–water partition coefficient (Wildman–Crippen LogP) is 2.64. The van der Waals surface area contributed by atoms with Gasteiger partial charge in [-0.2, -0.15) is 5.10 Å². The number of carbonyl (C=O) groups excluding carboxylic acids is 1. The van der Waals surface area contributed by atoms with Crippen molar-refractivity contribution in [1.29, 1.82) is 0 Å². The van der Waals surface area contributed by atoms with Crippen molar-refractivity contribution < 1.29 is 9.32 Å². The van der Waals surface area contributed by atoms with Crippen LogP contribution in [-0.2, 0) is 13.1 Å². The normalized spacial score (nSPS) is 11.2. The highest BCUT2D eigenvalue weighted by Crippen LogP contribution is 2.23. The van der Waals surface area contributed by atoms with Crippen LogP contribution < -0.4 is 0 Å². The molecule has 1 amide bonds. The third-order valence-electron chi connectivity index (χ3n) is 4.23. The highest BCUT2D eigenvalue weighted by molar-refractivity contribution is 6.05. The number of nitrogens with zero attached hydrogens (tertiary/aromatic N) is 5. The Labute approximate surface area is 140 Å². The summed E-state index contributed by atoms with van der Waals surface area (Å²) in [5.74, 6) is -0.0829. The van der Waals surface area contributed by atoms with E-state index in [2.05, 4.69) is 15.2 Å². The van der Waals surface area contributed by atoms with E-state index in [4.69, 9.17) is 4.52 Å². The third-order valence-corrected chi connectivity index (χ3v) is 4.23. The van der Waals surface area contributed by atoms with Gasteiger partial charge in [-0.15, -0.1) is 0 Å². The van der Waals surface area contributed by atoms with Gasteiger partial charge in [0, 0.05) is 37.1 Å². The van der Waals surface area contributed by atoms with Gasteiger partial charge in [0.15, 0.2) is 0 Å². The third kappa shape index (κ3) is 2.66. The van der Waals surface area contributed by atoms with Gasteiger partial charge in [-0.3, -0.25) is 9.48 Å². The van der Waals surface area contributed by atoms with Crippen LogP contribution in [0.5, 0.6) is 0 Å². The van der Waals surface area contributed by atoms with E-state index in [0.717, 1.165) is 23.5 Å². The van der Waals surface area contributed by atoms with Gasteiger partial charge in [0.2, 0.25) is 0 Å². The summed E-state index contributed by atoms with van der Waals surface area (Å²) in [7, 11) is 1.79. The van der Waals surface area contributed by atoms with Crippen LogP contribution in [0.3, 0.4) is 0 Å². The molecule has 0 aliphatic heterocycles. The molecule has 0 unspecified atom stereocenters. The minimum absolute atomic E-state index is 0.0829. The highest BCUT2D eigenvalue weighted by Gasteiger charge is 2.21. The molecule has 3 rings (SSSR count). The van der Waals surface area contributed by atoms with Crippen molar-refractivity contribution in [3.05, 3.63) is 40.5 Å². The fraction of sp³-hybridized carbons (Fsp3) is 0.412. The summed E-state index contributed by atoms with van der Waals surface area (Å²) in [4.78, 5) is 18.9. The molecule has 0 aliphatic carbocycles. The lowest BCUT2D eigenvalue weighted by Crippen LogP contribution is -2.27. The second-order valence-corrected chi connectivity index (χ2v) is 5.99. The Bertz CT molecular complexity index is 909. The van der Waals surface area contributed by atoms with Crippen LogP contribution in [0.15, 0.2) is 16.8 Å². The lowest BCUT2D eigenvalue weighted by molar-refractivity contribution is 0.0786. The van der Waals surface area contributed by atoms with E-state index in [1.54, 1.807) is 18.0 Å². The Morgan fingerprint density at radius 3 is 2.75 bits per heavy atom. The number of hydrogen-bond acceptors (Lipinski definition) is 5. The van der Waals surface area contributed by atoms with Crippen molar-refractivity contribution in [2.24, 2.45) is 0 Å². The first-order valence-electron chi connectivity index (χ1n) is 7.92. The lowest BCUT2D eigenvalue weighted by atomic mass is 10.1. The Hall–Kier alpha value is -2.70. The quantitative estimate of drug-likeness (QED) is 0.736. The smallest absolute Gasteiger partial charge is 0.258 e. The van der Waals surface area contributed by atoms with Crippen LogP contribution in [0.4, 0.5) is 0 Å². The van der Waals surface area contributed by atoms with Crippen LogP contribution in [0.2, 0.25) is 0 Å². The van der Waals surface area contributed by atoms with Crippen LogP contribution in [-0.4, -0.2) is 37.8 Å². The van der Waals surface area contributed by atoms with Crippen LogP contribution in [0.25, 0.3) is 11.1 Å². The zero-order chi connectivity index (χ0) is 17.4. The maximum atomic E-state index is 13.0. The van der Waals surface area contributed by atoms with Crippen molar-refractivity contribution in [2.45, 2.75) is 40.8 Å². The molecule has 24 heavy (non-hydrogen) atoms. The average molecular weight is 327 g/mol. The molecule has 3 aromatic heterocycles. The number of carbonyl (C=O) groups is 1. The number of aromatic nitrogens is 4. The summed E-state index contributed by atoms with van der Waals surface area (Å²) >= 11 is 0. The summed E-state index contributed by atoms with van der Waals surface area (Å²) in [6.45, 7) is 9.02. The number of amides is 1. The first kappa shape index (κ1) is 16.2. The van der Waals surface area contributed by atoms with Crippen LogP contribution in [0.1, 0.15) is 39.9 Å². The number of aryl methyl sites for hydroxylation is 3. The zero-order valence-corrected chi connectivity index (χ0v) is 14.6. The van der Waals surface area contributed by atoms with Crippen molar-refractivity contribution in [3.8, 4) is 0 Å². The van der Waals surface area contributed by atoms with Gasteiger partial charge in [-0.25, -0.2) is 4.98 Å². The van der Waals surface area contributed by atoms with E-state index >= 15 is 0 Å².